The van der Waals surface area contributed by atoms with Gasteiger partial charge in [-0.3, -0.25) is 4.79 Å². The number of aryl methyl sites for hydroxylation is 1. The third kappa shape index (κ3) is 5.68. The van der Waals surface area contributed by atoms with Crippen molar-refractivity contribution in [3.63, 3.8) is 0 Å². The third-order valence-corrected chi connectivity index (χ3v) is 7.53. The molecule has 1 atom stereocenters. The van der Waals surface area contributed by atoms with Crippen LogP contribution in [0.25, 0.3) is 0 Å². The lowest BCUT2D eigenvalue weighted by Crippen LogP contribution is -2.43. The Labute approximate surface area is 189 Å². The predicted octanol–water partition coefficient (Wildman–Crippen LogP) is 3.63. The van der Waals surface area contributed by atoms with E-state index in [2.05, 4.69) is 5.32 Å². The van der Waals surface area contributed by atoms with Crippen molar-refractivity contribution in [3.05, 3.63) is 59.2 Å². The summed E-state index contributed by atoms with van der Waals surface area (Å²) in [5.41, 5.74) is 4.01. The van der Waals surface area contributed by atoms with Crippen molar-refractivity contribution in [3.8, 4) is 0 Å². The molecule has 1 saturated heterocycles. The van der Waals surface area contributed by atoms with Gasteiger partial charge in [-0.1, -0.05) is 31.2 Å². The highest BCUT2D eigenvalue weighted by Gasteiger charge is 2.34. The summed E-state index contributed by atoms with van der Waals surface area (Å²) in [5.74, 6) is -0.929. The first-order valence-corrected chi connectivity index (χ1v) is 12.6. The number of carbonyl (C=O) groups is 2. The van der Waals surface area contributed by atoms with Crippen LogP contribution in [-0.4, -0.2) is 55.9 Å². The van der Waals surface area contributed by atoms with Crippen LogP contribution in [0.1, 0.15) is 41.3 Å². The number of esters is 1. The number of sulfone groups is 1. The molecule has 172 valence electrons. The van der Waals surface area contributed by atoms with Crippen LogP contribution in [0.5, 0.6) is 0 Å². The molecule has 1 fully saturated rings. The molecule has 0 radical (unpaired) electrons. The summed E-state index contributed by atoms with van der Waals surface area (Å²) in [5, 5.41) is 3.28. The summed E-state index contributed by atoms with van der Waals surface area (Å²) >= 11 is 0. The topological polar surface area (TPSA) is 92.8 Å². The molecule has 2 aromatic carbocycles. The maximum absolute atomic E-state index is 12.8. The monoisotopic (exact) mass is 458 g/mol. The van der Waals surface area contributed by atoms with E-state index in [0.717, 1.165) is 16.8 Å². The average molecular weight is 459 g/mol. The zero-order valence-corrected chi connectivity index (χ0v) is 19.6. The number of carbonyl (C=O) groups excluding carboxylic acids is 2. The maximum atomic E-state index is 12.8. The van der Waals surface area contributed by atoms with Crippen LogP contribution in [0, 0.1) is 13.8 Å². The molecule has 1 aliphatic heterocycles. The Morgan fingerprint density at radius 2 is 1.81 bits per heavy atom. The van der Waals surface area contributed by atoms with Crippen molar-refractivity contribution in [2.45, 2.75) is 39.7 Å². The fourth-order valence-electron chi connectivity index (χ4n) is 3.86. The van der Waals surface area contributed by atoms with Crippen LogP contribution in [0.4, 0.5) is 11.4 Å². The molecule has 8 heteroatoms. The van der Waals surface area contributed by atoms with E-state index in [1.54, 1.807) is 18.2 Å². The van der Waals surface area contributed by atoms with Crippen molar-refractivity contribution < 1.29 is 22.7 Å². The number of benzene rings is 2. The minimum Gasteiger partial charge on any atom is -0.452 e. The highest BCUT2D eigenvalue weighted by Crippen LogP contribution is 2.26. The molecule has 3 rings (SSSR count). The molecule has 2 aromatic rings. The zero-order valence-electron chi connectivity index (χ0n) is 18.8. The van der Waals surface area contributed by atoms with Gasteiger partial charge in [0.15, 0.2) is 16.4 Å². The van der Waals surface area contributed by atoms with E-state index < -0.39 is 22.4 Å². The van der Waals surface area contributed by atoms with Crippen molar-refractivity contribution in [1.82, 2.24) is 4.90 Å². The Morgan fingerprint density at radius 3 is 2.50 bits per heavy atom. The summed E-state index contributed by atoms with van der Waals surface area (Å²) in [6, 6.07) is 12.5. The molecule has 0 aromatic heterocycles. The second-order valence-corrected chi connectivity index (χ2v) is 10.4. The Kier molecular flexibility index (Phi) is 7.56. The van der Waals surface area contributed by atoms with Gasteiger partial charge in [-0.05, 0) is 56.0 Å². The van der Waals surface area contributed by atoms with Gasteiger partial charge < -0.3 is 15.0 Å². The molecule has 7 nitrogen and oxygen atoms in total. The van der Waals surface area contributed by atoms with Crippen molar-refractivity contribution in [2.75, 3.05) is 30.0 Å². The highest BCUT2D eigenvalue weighted by molar-refractivity contribution is 7.91. The van der Waals surface area contributed by atoms with Crippen molar-refractivity contribution in [2.24, 2.45) is 0 Å². The van der Waals surface area contributed by atoms with E-state index in [1.165, 1.54) is 4.90 Å². The maximum Gasteiger partial charge on any atom is 0.340 e. The molecule has 0 aliphatic carbocycles. The number of nitrogens with one attached hydrogen (secondary N) is 1. The number of anilines is 2. The average Bonchev–Trinajstić information content (AvgIpc) is 3.13. The van der Waals surface area contributed by atoms with Gasteiger partial charge in [-0.2, -0.15) is 0 Å². The molecule has 1 aliphatic rings. The molecule has 0 saturated carbocycles. The van der Waals surface area contributed by atoms with Crippen LogP contribution >= 0.6 is 0 Å². The summed E-state index contributed by atoms with van der Waals surface area (Å²) in [6.07, 6.45) is 1.11. The lowest BCUT2D eigenvalue weighted by molar-refractivity contribution is -0.136. The number of para-hydroxylation sites is 1. The number of nitrogens with zero attached hydrogens (tertiary/aromatic N) is 1. The van der Waals surface area contributed by atoms with Gasteiger partial charge in [0, 0.05) is 18.3 Å². The molecule has 1 heterocycles. The summed E-state index contributed by atoms with van der Waals surface area (Å²) in [7, 11) is -3.12. The summed E-state index contributed by atoms with van der Waals surface area (Å²) in [4.78, 5) is 27.1. The van der Waals surface area contributed by atoms with Gasteiger partial charge >= 0.3 is 5.97 Å². The lowest BCUT2D eigenvalue weighted by atomic mass is 10.1. The Balaban J connectivity index is 1.69. The molecule has 0 spiro atoms. The van der Waals surface area contributed by atoms with E-state index >= 15 is 0 Å². The number of ether oxygens (including phenoxy) is 1. The highest BCUT2D eigenvalue weighted by atomic mass is 32.2. The Morgan fingerprint density at radius 1 is 1.09 bits per heavy atom. The molecule has 0 bridgehead atoms. The fourth-order valence-corrected chi connectivity index (χ4v) is 5.59. The van der Waals surface area contributed by atoms with E-state index in [4.69, 9.17) is 4.74 Å². The minimum atomic E-state index is -3.12. The standard InChI is InChI=1S/C24H30N2O5S/c1-4-13-26(19-12-14-32(29,30)16-19)23(27)15-31-24(28)20-9-5-6-10-22(20)25-21-11-7-8-17(2)18(21)3/h5-11,19,25H,4,12-16H2,1-3H3. The second-order valence-electron chi connectivity index (χ2n) is 8.14. The van der Waals surface area contributed by atoms with Crippen LogP contribution in [-0.2, 0) is 19.4 Å². The van der Waals surface area contributed by atoms with Gasteiger partial charge in [-0.15, -0.1) is 0 Å². The first-order chi connectivity index (χ1) is 15.2. The molecular weight excluding hydrogens is 428 g/mol. The van der Waals surface area contributed by atoms with Gasteiger partial charge in [0.05, 0.1) is 22.8 Å². The van der Waals surface area contributed by atoms with E-state index in [0.29, 0.717) is 30.6 Å². The van der Waals surface area contributed by atoms with Gasteiger partial charge in [-0.25, -0.2) is 13.2 Å². The van der Waals surface area contributed by atoms with Gasteiger partial charge in [0.1, 0.15) is 0 Å². The Hall–Kier alpha value is -2.87. The summed E-state index contributed by atoms with van der Waals surface area (Å²) < 4.78 is 29.0. The molecular formula is C24H30N2O5S. The van der Waals surface area contributed by atoms with Crippen LogP contribution < -0.4 is 5.32 Å². The number of rotatable bonds is 8. The predicted molar refractivity (Wildman–Crippen MR) is 125 cm³/mol. The minimum absolute atomic E-state index is 0.0325. The number of hydrogen-bond donors (Lipinski definition) is 1. The molecule has 32 heavy (non-hydrogen) atoms. The van der Waals surface area contributed by atoms with Crippen LogP contribution in [0.2, 0.25) is 0 Å². The van der Waals surface area contributed by atoms with E-state index in [1.807, 2.05) is 45.0 Å². The summed E-state index contributed by atoms with van der Waals surface area (Å²) in [6.45, 7) is 5.95. The first-order valence-electron chi connectivity index (χ1n) is 10.8. The molecule has 1 N–H and O–H groups in total. The third-order valence-electron chi connectivity index (χ3n) is 5.78. The van der Waals surface area contributed by atoms with Crippen molar-refractivity contribution >= 4 is 33.1 Å². The number of amides is 1. The smallest absolute Gasteiger partial charge is 0.340 e. The van der Waals surface area contributed by atoms with E-state index in [9.17, 15) is 18.0 Å². The SMILES string of the molecule is CCCN(C(=O)COC(=O)c1ccccc1Nc1cccc(C)c1C)C1CCS(=O)(=O)C1. The zero-order chi connectivity index (χ0) is 23.3. The second kappa shape index (κ2) is 10.2. The Bertz CT molecular complexity index is 1100. The van der Waals surface area contributed by atoms with Gasteiger partial charge in [0.2, 0.25) is 0 Å². The van der Waals surface area contributed by atoms with Gasteiger partial charge in [0.25, 0.3) is 5.91 Å². The largest absolute Gasteiger partial charge is 0.452 e. The fraction of sp³-hybridized carbons (Fsp3) is 0.417. The normalized spacial score (nSPS) is 17.0. The molecule has 1 unspecified atom stereocenters. The quantitative estimate of drug-likeness (QED) is 0.607. The lowest BCUT2D eigenvalue weighted by Gasteiger charge is -2.27. The molecule has 1 amide bonds. The van der Waals surface area contributed by atoms with Crippen LogP contribution in [0.3, 0.4) is 0 Å². The van der Waals surface area contributed by atoms with E-state index in [-0.39, 0.29) is 23.5 Å². The van der Waals surface area contributed by atoms with Crippen LogP contribution in [0.15, 0.2) is 42.5 Å². The first kappa shape index (κ1) is 23.8. The number of hydrogen-bond acceptors (Lipinski definition) is 6. The van der Waals surface area contributed by atoms with Crippen molar-refractivity contribution in [1.29, 1.82) is 0 Å².